The Hall–Kier alpha value is -3.88. The number of piperazine rings is 1. The number of halogens is 1. The molecule has 1 aliphatic rings. The lowest BCUT2D eigenvalue weighted by atomic mass is 10.1. The highest BCUT2D eigenvalue weighted by molar-refractivity contribution is 7.89. The van der Waals surface area contributed by atoms with Crippen LogP contribution in [-0.2, 0) is 10.0 Å². The van der Waals surface area contributed by atoms with Gasteiger partial charge < -0.3 is 9.88 Å². The summed E-state index contributed by atoms with van der Waals surface area (Å²) in [6, 6.07) is 10.9. The van der Waals surface area contributed by atoms with E-state index in [9.17, 15) is 18.1 Å². The zero-order valence-electron chi connectivity index (χ0n) is 17.3. The number of aromatic amines is 1. The van der Waals surface area contributed by atoms with Crippen molar-refractivity contribution in [2.24, 2.45) is 0 Å². The molecule has 0 aliphatic carbocycles. The molecule has 3 aromatic heterocycles. The molecule has 33 heavy (non-hydrogen) atoms. The molecule has 0 saturated carbocycles. The molecule has 4 aromatic rings. The van der Waals surface area contributed by atoms with Gasteiger partial charge in [-0.25, -0.2) is 27.8 Å². The summed E-state index contributed by atoms with van der Waals surface area (Å²) in [5.74, 6) is 0.128. The summed E-state index contributed by atoms with van der Waals surface area (Å²) in [5.41, 5.74) is 2.40. The summed E-state index contributed by atoms with van der Waals surface area (Å²) in [6.07, 6.45) is 4.71. The predicted molar refractivity (Wildman–Crippen MR) is 119 cm³/mol. The number of H-pyrrole nitrogens is 1. The van der Waals surface area contributed by atoms with Crippen LogP contribution in [0.4, 0.5) is 10.2 Å². The van der Waals surface area contributed by atoms with E-state index >= 15 is 0 Å². The van der Waals surface area contributed by atoms with Crippen molar-refractivity contribution >= 4 is 26.9 Å². The van der Waals surface area contributed by atoms with Gasteiger partial charge in [-0.15, -0.1) is 0 Å². The van der Waals surface area contributed by atoms with E-state index < -0.39 is 15.8 Å². The zero-order chi connectivity index (χ0) is 23.0. The van der Waals surface area contributed by atoms with Gasteiger partial charge in [-0.2, -0.15) is 9.57 Å². The highest BCUT2D eigenvalue weighted by Crippen LogP contribution is 2.28. The second kappa shape index (κ2) is 8.23. The van der Waals surface area contributed by atoms with Gasteiger partial charge in [-0.3, -0.25) is 0 Å². The minimum Gasteiger partial charge on any atom is -0.354 e. The van der Waals surface area contributed by atoms with E-state index in [1.807, 2.05) is 17.0 Å². The SMILES string of the molecule is N#Cc1c[nH]c2ncnc(-c3ccc(N4CCN(S(=O)(=O)c5cccc(F)c5)CC4)nc3)c12. The Morgan fingerprint density at radius 3 is 2.58 bits per heavy atom. The molecule has 11 heteroatoms. The van der Waals surface area contributed by atoms with Crippen LogP contribution in [0.3, 0.4) is 0 Å². The van der Waals surface area contributed by atoms with Crippen molar-refractivity contribution in [3.8, 4) is 17.3 Å². The molecule has 1 N–H and O–H groups in total. The summed E-state index contributed by atoms with van der Waals surface area (Å²) in [4.78, 5) is 17.9. The van der Waals surface area contributed by atoms with Crippen LogP contribution in [0.5, 0.6) is 0 Å². The maximum atomic E-state index is 13.5. The molecule has 0 atom stereocenters. The van der Waals surface area contributed by atoms with Crippen molar-refractivity contribution in [2.75, 3.05) is 31.1 Å². The van der Waals surface area contributed by atoms with Crippen molar-refractivity contribution < 1.29 is 12.8 Å². The summed E-state index contributed by atoms with van der Waals surface area (Å²) < 4.78 is 40.5. The minimum absolute atomic E-state index is 0.0453. The summed E-state index contributed by atoms with van der Waals surface area (Å²) in [5, 5.41) is 10.0. The third-order valence-electron chi connectivity index (χ3n) is 5.61. The van der Waals surface area contributed by atoms with E-state index in [0.29, 0.717) is 41.2 Å². The molecule has 5 rings (SSSR count). The average molecular weight is 463 g/mol. The predicted octanol–water partition coefficient (Wildman–Crippen LogP) is 2.54. The first kappa shape index (κ1) is 21.0. The van der Waals surface area contributed by atoms with Crippen molar-refractivity contribution in [3.63, 3.8) is 0 Å². The first-order valence-corrected chi connectivity index (χ1v) is 11.6. The molecule has 0 bridgehead atoms. The lowest BCUT2D eigenvalue weighted by molar-refractivity contribution is 0.383. The van der Waals surface area contributed by atoms with Gasteiger partial charge in [0.05, 0.1) is 21.5 Å². The molecule has 1 aliphatic heterocycles. The highest BCUT2D eigenvalue weighted by Gasteiger charge is 2.29. The zero-order valence-corrected chi connectivity index (χ0v) is 18.1. The number of fused-ring (bicyclic) bond motifs is 1. The molecule has 0 amide bonds. The molecule has 1 fully saturated rings. The summed E-state index contributed by atoms with van der Waals surface area (Å²) >= 11 is 0. The molecule has 4 heterocycles. The number of nitriles is 1. The Bertz CT molecular complexity index is 1470. The smallest absolute Gasteiger partial charge is 0.243 e. The number of anilines is 1. The molecular weight excluding hydrogens is 445 g/mol. The van der Waals surface area contributed by atoms with Crippen LogP contribution in [0.15, 0.2) is 60.0 Å². The number of benzene rings is 1. The van der Waals surface area contributed by atoms with Gasteiger partial charge in [0.25, 0.3) is 0 Å². The number of nitrogens with one attached hydrogen (secondary N) is 1. The Morgan fingerprint density at radius 2 is 1.88 bits per heavy atom. The van der Waals surface area contributed by atoms with Gasteiger partial charge >= 0.3 is 0 Å². The highest BCUT2D eigenvalue weighted by atomic mass is 32.2. The number of hydrogen-bond donors (Lipinski definition) is 1. The lowest BCUT2D eigenvalue weighted by Gasteiger charge is -2.34. The van der Waals surface area contributed by atoms with Crippen LogP contribution >= 0.6 is 0 Å². The van der Waals surface area contributed by atoms with Crippen LogP contribution in [0.2, 0.25) is 0 Å². The van der Waals surface area contributed by atoms with E-state index in [2.05, 4.69) is 26.0 Å². The summed E-state index contributed by atoms with van der Waals surface area (Å²) in [7, 11) is -3.75. The Balaban J connectivity index is 1.33. The first-order chi connectivity index (χ1) is 16.0. The standard InChI is InChI=1S/C22H18FN7O2S/c23-17-2-1-3-18(10-17)33(31,32)30-8-6-29(7-9-30)19-5-4-15(12-25-19)21-20-16(11-24)13-26-22(20)28-14-27-21/h1-5,10,12-14H,6-9H2,(H,26,27,28). The molecule has 166 valence electrons. The van der Waals surface area contributed by atoms with E-state index in [1.54, 1.807) is 12.4 Å². The topological polar surface area (TPSA) is 119 Å². The number of pyridine rings is 1. The largest absolute Gasteiger partial charge is 0.354 e. The summed E-state index contributed by atoms with van der Waals surface area (Å²) in [6.45, 7) is 1.44. The number of sulfonamides is 1. The van der Waals surface area contributed by atoms with Gasteiger partial charge in [0, 0.05) is 44.1 Å². The Morgan fingerprint density at radius 1 is 1.06 bits per heavy atom. The maximum absolute atomic E-state index is 13.5. The Labute approximate surface area is 189 Å². The second-order valence-corrected chi connectivity index (χ2v) is 9.45. The van der Waals surface area contributed by atoms with E-state index in [4.69, 9.17) is 0 Å². The van der Waals surface area contributed by atoms with E-state index in [0.717, 1.165) is 11.6 Å². The van der Waals surface area contributed by atoms with Crippen LogP contribution < -0.4 is 4.90 Å². The van der Waals surface area contributed by atoms with Crippen LogP contribution in [0, 0.1) is 17.1 Å². The van der Waals surface area contributed by atoms with Gasteiger partial charge in [0.2, 0.25) is 10.0 Å². The van der Waals surface area contributed by atoms with Crippen LogP contribution in [0.25, 0.3) is 22.3 Å². The van der Waals surface area contributed by atoms with Crippen molar-refractivity contribution in [1.82, 2.24) is 24.2 Å². The van der Waals surface area contributed by atoms with E-state index in [-0.39, 0.29) is 18.0 Å². The van der Waals surface area contributed by atoms with E-state index in [1.165, 1.54) is 28.8 Å². The fourth-order valence-electron chi connectivity index (χ4n) is 3.92. The fourth-order valence-corrected chi connectivity index (χ4v) is 5.37. The molecule has 1 saturated heterocycles. The average Bonchev–Trinajstić information content (AvgIpc) is 3.28. The molecule has 9 nitrogen and oxygen atoms in total. The molecule has 0 spiro atoms. The number of hydrogen-bond acceptors (Lipinski definition) is 7. The Kier molecular flexibility index (Phi) is 5.24. The third kappa shape index (κ3) is 3.79. The monoisotopic (exact) mass is 463 g/mol. The lowest BCUT2D eigenvalue weighted by Crippen LogP contribution is -2.48. The minimum atomic E-state index is -3.75. The second-order valence-electron chi connectivity index (χ2n) is 7.51. The van der Waals surface area contributed by atoms with Crippen LogP contribution in [0.1, 0.15) is 5.56 Å². The molecule has 0 radical (unpaired) electrons. The molecular formula is C22H18FN7O2S. The maximum Gasteiger partial charge on any atom is 0.243 e. The molecule has 0 unspecified atom stereocenters. The van der Waals surface area contributed by atoms with Gasteiger partial charge in [-0.05, 0) is 30.3 Å². The normalized spacial score (nSPS) is 15.0. The molecule has 1 aromatic carbocycles. The van der Waals surface area contributed by atoms with Crippen LogP contribution in [-0.4, -0.2) is 58.8 Å². The first-order valence-electron chi connectivity index (χ1n) is 10.2. The number of rotatable bonds is 4. The van der Waals surface area contributed by atoms with Crippen molar-refractivity contribution in [1.29, 1.82) is 5.26 Å². The van der Waals surface area contributed by atoms with Gasteiger partial charge in [0.15, 0.2) is 0 Å². The van der Waals surface area contributed by atoms with Crippen molar-refractivity contribution in [3.05, 3.63) is 66.5 Å². The number of nitrogens with zero attached hydrogens (tertiary/aromatic N) is 6. The third-order valence-corrected chi connectivity index (χ3v) is 7.50. The van der Waals surface area contributed by atoms with Crippen molar-refractivity contribution in [2.45, 2.75) is 4.90 Å². The number of aromatic nitrogens is 4. The van der Waals surface area contributed by atoms with Gasteiger partial charge in [0.1, 0.15) is 29.7 Å². The quantitative estimate of drug-likeness (QED) is 0.494. The van der Waals surface area contributed by atoms with Gasteiger partial charge in [-0.1, -0.05) is 6.07 Å². The fraction of sp³-hybridized carbons (Fsp3) is 0.182.